The SMILES string of the molecule is CC1CCC(CNCc2c[nH]c3ccccc23)CC1. The normalized spacial score (nSPS) is 23.8. The third-order valence-electron chi connectivity index (χ3n) is 4.56. The maximum Gasteiger partial charge on any atom is 0.0457 e. The lowest BCUT2D eigenvalue weighted by Gasteiger charge is -2.26. The molecular weight excluding hydrogens is 232 g/mol. The molecule has 1 heterocycles. The Balaban J connectivity index is 1.52. The van der Waals surface area contributed by atoms with Crippen LogP contribution in [0.3, 0.4) is 0 Å². The van der Waals surface area contributed by atoms with E-state index in [2.05, 4.69) is 47.7 Å². The van der Waals surface area contributed by atoms with Gasteiger partial charge in [-0.15, -0.1) is 0 Å². The third kappa shape index (κ3) is 3.01. The van der Waals surface area contributed by atoms with Crippen LogP contribution in [0, 0.1) is 11.8 Å². The summed E-state index contributed by atoms with van der Waals surface area (Å²) >= 11 is 0. The van der Waals surface area contributed by atoms with Gasteiger partial charge >= 0.3 is 0 Å². The Hall–Kier alpha value is -1.28. The Morgan fingerprint density at radius 3 is 2.79 bits per heavy atom. The zero-order valence-corrected chi connectivity index (χ0v) is 11.8. The number of H-pyrrole nitrogens is 1. The van der Waals surface area contributed by atoms with E-state index in [-0.39, 0.29) is 0 Å². The van der Waals surface area contributed by atoms with Gasteiger partial charge in [0.2, 0.25) is 0 Å². The molecule has 3 rings (SSSR count). The number of aromatic nitrogens is 1. The second kappa shape index (κ2) is 5.79. The summed E-state index contributed by atoms with van der Waals surface area (Å²) in [6.45, 7) is 4.54. The van der Waals surface area contributed by atoms with Crippen molar-refractivity contribution in [3.05, 3.63) is 36.0 Å². The van der Waals surface area contributed by atoms with Gasteiger partial charge in [-0.1, -0.05) is 38.0 Å². The van der Waals surface area contributed by atoms with Crippen LogP contribution in [0.15, 0.2) is 30.5 Å². The van der Waals surface area contributed by atoms with Crippen molar-refractivity contribution >= 4 is 10.9 Å². The Bertz CT molecular complexity index is 521. The first-order valence-corrected chi connectivity index (χ1v) is 7.58. The lowest BCUT2D eigenvalue weighted by molar-refractivity contribution is 0.281. The first kappa shape index (κ1) is 12.7. The Morgan fingerprint density at radius 1 is 1.16 bits per heavy atom. The van der Waals surface area contributed by atoms with Gasteiger partial charge in [-0.3, -0.25) is 0 Å². The maximum absolute atomic E-state index is 3.64. The molecule has 2 N–H and O–H groups in total. The number of aromatic amines is 1. The topological polar surface area (TPSA) is 27.8 Å². The highest BCUT2D eigenvalue weighted by Gasteiger charge is 2.17. The molecule has 0 radical (unpaired) electrons. The van der Waals surface area contributed by atoms with Gasteiger partial charge in [0.05, 0.1) is 0 Å². The standard InChI is InChI=1S/C17H24N2/c1-13-6-8-14(9-7-13)10-18-11-15-12-19-17-5-3-2-4-16(15)17/h2-5,12-14,18-19H,6-11H2,1H3. The summed E-state index contributed by atoms with van der Waals surface area (Å²) in [6, 6.07) is 8.54. The third-order valence-corrected chi connectivity index (χ3v) is 4.56. The van der Waals surface area contributed by atoms with Crippen molar-refractivity contribution in [1.29, 1.82) is 0 Å². The van der Waals surface area contributed by atoms with E-state index in [1.54, 1.807) is 0 Å². The minimum Gasteiger partial charge on any atom is -0.361 e. The fourth-order valence-corrected chi connectivity index (χ4v) is 3.22. The van der Waals surface area contributed by atoms with Gasteiger partial charge in [-0.05, 0) is 42.9 Å². The molecule has 0 bridgehead atoms. The second-order valence-corrected chi connectivity index (χ2v) is 6.12. The minimum absolute atomic E-state index is 0.890. The van der Waals surface area contributed by atoms with Crippen LogP contribution in [0.1, 0.15) is 38.2 Å². The molecule has 2 nitrogen and oxygen atoms in total. The summed E-state index contributed by atoms with van der Waals surface area (Å²) in [5.41, 5.74) is 2.63. The molecule has 1 aromatic heterocycles. The van der Waals surface area contributed by atoms with Crippen molar-refractivity contribution in [2.45, 2.75) is 39.2 Å². The van der Waals surface area contributed by atoms with Crippen molar-refractivity contribution in [2.24, 2.45) is 11.8 Å². The van der Waals surface area contributed by atoms with E-state index < -0.39 is 0 Å². The monoisotopic (exact) mass is 256 g/mol. The summed E-state index contributed by atoms with van der Waals surface area (Å²) in [7, 11) is 0. The predicted molar refractivity (Wildman–Crippen MR) is 81.1 cm³/mol. The molecule has 19 heavy (non-hydrogen) atoms. The van der Waals surface area contributed by atoms with E-state index in [1.807, 2.05) is 0 Å². The average Bonchev–Trinajstić information content (AvgIpc) is 2.85. The van der Waals surface area contributed by atoms with Crippen molar-refractivity contribution < 1.29 is 0 Å². The Labute approximate surface area is 115 Å². The van der Waals surface area contributed by atoms with E-state index in [0.29, 0.717) is 0 Å². The van der Waals surface area contributed by atoms with Crippen molar-refractivity contribution in [1.82, 2.24) is 10.3 Å². The second-order valence-electron chi connectivity index (χ2n) is 6.12. The quantitative estimate of drug-likeness (QED) is 0.847. The van der Waals surface area contributed by atoms with E-state index in [4.69, 9.17) is 0 Å². The van der Waals surface area contributed by atoms with E-state index in [9.17, 15) is 0 Å². The molecule has 1 saturated carbocycles. The van der Waals surface area contributed by atoms with Crippen LogP contribution in [0.2, 0.25) is 0 Å². The van der Waals surface area contributed by atoms with Gasteiger partial charge in [-0.2, -0.15) is 0 Å². The largest absolute Gasteiger partial charge is 0.361 e. The number of nitrogens with one attached hydrogen (secondary N) is 2. The predicted octanol–water partition coefficient (Wildman–Crippen LogP) is 4.08. The van der Waals surface area contributed by atoms with Crippen LogP contribution in [0.5, 0.6) is 0 Å². The number of rotatable bonds is 4. The molecule has 0 amide bonds. The molecule has 0 saturated heterocycles. The molecule has 2 aromatic rings. The zero-order chi connectivity index (χ0) is 13.1. The van der Waals surface area contributed by atoms with Crippen LogP contribution >= 0.6 is 0 Å². The summed E-state index contributed by atoms with van der Waals surface area (Å²) < 4.78 is 0. The first-order chi connectivity index (χ1) is 9.33. The van der Waals surface area contributed by atoms with E-state index >= 15 is 0 Å². The summed E-state index contributed by atoms with van der Waals surface area (Å²) in [5, 5.41) is 5.00. The molecule has 2 heteroatoms. The minimum atomic E-state index is 0.890. The van der Waals surface area contributed by atoms with Gasteiger partial charge < -0.3 is 10.3 Å². The fourth-order valence-electron chi connectivity index (χ4n) is 3.22. The lowest BCUT2D eigenvalue weighted by Crippen LogP contribution is -2.25. The van der Waals surface area contributed by atoms with Crippen molar-refractivity contribution in [3.8, 4) is 0 Å². The van der Waals surface area contributed by atoms with E-state index in [0.717, 1.165) is 18.4 Å². The molecule has 0 aliphatic heterocycles. The van der Waals surface area contributed by atoms with Crippen LogP contribution in [0.4, 0.5) is 0 Å². The highest BCUT2D eigenvalue weighted by atomic mass is 14.9. The molecule has 1 aromatic carbocycles. The van der Waals surface area contributed by atoms with Crippen LogP contribution in [-0.2, 0) is 6.54 Å². The molecule has 0 atom stereocenters. The van der Waals surface area contributed by atoms with Crippen molar-refractivity contribution in [3.63, 3.8) is 0 Å². The molecule has 1 aliphatic rings. The van der Waals surface area contributed by atoms with E-state index in [1.165, 1.54) is 48.7 Å². The lowest BCUT2D eigenvalue weighted by atomic mass is 9.83. The maximum atomic E-state index is 3.64. The number of benzene rings is 1. The molecule has 1 fully saturated rings. The van der Waals surface area contributed by atoms with Gasteiger partial charge in [0.15, 0.2) is 0 Å². The van der Waals surface area contributed by atoms with Crippen LogP contribution in [-0.4, -0.2) is 11.5 Å². The zero-order valence-electron chi connectivity index (χ0n) is 11.8. The smallest absolute Gasteiger partial charge is 0.0457 e. The molecule has 1 aliphatic carbocycles. The van der Waals surface area contributed by atoms with Gasteiger partial charge in [-0.25, -0.2) is 0 Å². The van der Waals surface area contributed by atoms with Gasteiger partial charge in [0.25, 0.3) is 0 Å². The molecular formula is C17H24N2. The first-order valence-electron chi connectivity index (χ1n) is 7.58. The number of para-hydroxylation sites is 1. The number of hydrogen-bond acceptors (Lipinski definition) is 1. The van der Waals surface area contributed by atoms with Crippen LogP contribution < -0.4 is 5.32 Å². The average molecular weight is 256 g/mol. The van der Waals surface area contributed by atoms with Gasteiger partial charge in [0, 0.05) is 23.6 Å². The fraction of sp³-hybridized carbons (Fsp3) is 0.529. The summed E-state index contributed by atoms with van der Waals surface area (Å²) in [4.78, 5) is 3.34. The molecule has 0 spiro atoms. The van der Waals surface area contributed by atoms with Crippen molar-refractivity contribution in [2.75, 3.05) is 6.54 Å². The number of fused-ring (bicyclic) bond motifs is 1. The van der Waals surface area contributed by atoms with Crippen LogP contribution in [0.25, 0.3) is 10.9 Å². The molecule has 102 valence electrons. The highest BCUT2D eigenvalue weighted by Crippen LogP contribution is 2.27. The summed E-state index contributed by atoms with van der Waals surface area (Å²) in [6.07, 6.45) is 7.78. The van der Waals surface area contributed by atoms with Gasteiger partial charge in [0.1, 0.15) is 0 Å². The Morgan fingerprint density at radius 2 is 1.95 bits per heavy atom. The number of hydrogen-bond donors (Lipinski definition) is 2. The Kier molecular flexibility index (Phi) is 3.88. The summed E-state index contributed by atoms with van der Waals surface area (Å²) in [5.74, 6) is 1.84. The highest BCUT2D eigenvalue weighted by molar-refractivity contribution is 5.82. The molecule has 0 unspecified atom stereocenters.